The van der Waals surface area contributed by atoms with Crippen LogP contribution in [0.4, 0.5) is 0 Å². The molecular formula is C18H21N3O2. The molecule has 0 unspecified atom stereocenters. The van der Waals surface area contributed by atoms with Crippen LogP contribution in [0.5, 0.6) is 0 Å². The fourth-order valence-corrected chi connectivity index (χ4v) is 1.96. The van der Waals surface area contributed by atoms with Crippen molar-refractivity contribution in [3.63, 3.8) is 0 Å². The summed E-state index contributed by atoms with van der Waals surface area (Å²) in [5.41, 5.74) is 2.08. The largest absolute Gasteiger partial charge is 0.350 e. The lowest BCUT2D eigenvalue weighted by Crippen LogP contribution is -2.31. The molecule has 23 heavy (non-hydrogen) atoms. The van der Waals surface area contributed by atoms with Crippen LogP contribution in [0.1, 0.15) is 46.5 Å². The van der Waals surface area contributed by atoms with Gasteiger partial charge in [-0.15, -0.1) is 0 Å². The van der Waals surface area contributed by atoms with Gasteiger partial charge in [0.2, 0.25) is 0 Å². The first kappa shape index (κ1) is 16.7. The summed E-state index contributed by atoms with van der Waals surface area (Å²) >= 11 is 0. The van der Waals surface area contributed by atoms with Gasteiger partial charge in [-0.25, -0.2) is 0 Å². The van der Waals surface area contributed by atoms with Crippen LogP contribution in [0.3, 0.4) is 0 Å². The molecule has 0 aliphatic rings. The molecule has 2 amide bonds. The molecule has 0 fully saturated rings. The van der Waals surface area contributed by atoms with E-state index in [0.717, 1.165) is 12.0 Å². The maximum absolute atomic E-state index is 12.0. The number of rotatable bonds is 6. The van der Waals surface area contributed by atoms with Gasteiger partial charge < -0.3 is 10.6 Å². The van der Waals surface area contributed by atoms with Gasteiger partial charge >= 0.3 is 0 Å². The second-order valence-corrected chi connectivity index (χ2v) is 5.40. The number of nitrogens with one attached hydrogen (secondary N) is 2. The van der Waals surface area contributed by atoms with Crippen molar-refractivity contribution in [2.45, 2.75) is 32.9 Å². The van der Waals surface area contributed by atoms with E-state index in [-0.39, 0.29) is 17.9 Å². The smallest absolute Gasteiger partial charge is 0.253 e. The number of hydrogen-bond donors (Lipinski definition) is 2. The van der Waals surface area contributed by atoms with Gasteiger partial charge in [0.1, 0.15) is 0 Å². The molecule has 0 aliphatic heterocycles. The van der Waals surface area contributed by atoms with E-state index in [4.69, 9.17) is 0 Å². The van der Waals surface area contributed by atoms with Crippen LogP contribution in [0.15, 0.2) is 48.8 Å². The Balaban J connectivity index is 1.90. The van der Waals surface area contributed by atoms with E-state index in [2.05, 4.69) is 15.6 Å². The summed E-state index contributed by atoms with van der Waals surface area (Å²) in [7, 11) is 0. The Morgan fingerprint density at radius 2 is 1.83 bits per heavy atom. The summed E-state index contributed by atoms with van der Waals surface area (Å²) in [6.45, 7) is 4.40. The molecule has 0 aliphatic carbocycles. The molecule has 1 aromatic carbocycles. The molecule has 2 rings (SSSR count). The molecule has 1 aromatic heterocycles. The van der Waals surface area contributed by atoms with Crippen LogP contribution in [0.2, 0.25) is 0 Å². The third-order valence-corrected chi connectivity index (χ3v) is 3.58. The molecular weight excluding hydrogens is 290 g/mol. The van der Waals surface area contributed by atoms with E-state index < -0.39 is 0 Å². The summed E-state index contributed by atoms with van der Waals surface area (Å²) in [4.78, 5) is 27.8. The van der Waals surface area contributed by atoms with Gasteiger partial charge in [0.15, 0.2) is 0 Å². The Labute approximate surface area is 136 Å². The third kappa shape index (κ3) is 4.92. The first-order chi connectivity index (χ1) is 11.1. The van der Waals surface area contributed by atoms with Gasteiger partial charge in [-0.2, -0.15) is 0 Å². The molecule has 0 saturated carbocycles. The van der Waals surface area contributed by atoms with Crippen LogP contribution >= 0.6 is 0 Å². The molecule has 0 spiro atoms. The zero-order chi connectivity index (χ0) is 16.7. The second-order valence-electron chi connectivity index (χ2n) is 5.40. The number of benzene rings is 1. The van der Waals surface area contributed by atoms with Crippen molar-refractivity contribution >= 4 is 11.8 Å². The van der Waals surface area contributed by atoms with Crippen molar-refractivity contribution in [3.05, 3.63) is 65.5 Å². The zero-order valence-corrected chi connectivity index (χ0v) is 13.4. The molecule has 2 aromatic rings. The summed E-state index contributed by atoms with van der Waals surface area (Å²) < 4.78 is 0. The van der Waals surface area contributed by atoms with Crippen molar-refractivity contribution in [1.29, 1.82) is 0 Å². The van der Waals surface area contributed by atoms with E-state index in [1.54, 1.807) is 30.5 Å². The molecule has 120 valence electrons. The van der Waals surface area contributed by atoms with Gasteiger partial charge in [0.05, 0.1) is 5.56 Å². The Hall–Kier alpha value is -2.69. The standard InChI is InChI=1S/C18H21N3O2/c1-3-13(2)21-18(23)15-8-6-14(7-9-15)11-20-17(22)16-5-4-10-19-12-16/h4-10,12-13H,3,11H2,1-2H3,(H,20,22)(H,21,23)/t13-/m0/s1. The number of carbonyl (C=O) groups excluding carboxylic acids is 2. The minimum absolute atomic E-state index is 0.0784. The lowest BCUT2D eigenvalue weighted by atomic mass is 10.1. The molecule has 5 nitrogen and oxygen atoms in total. The van der Waals surface area contributed by atoms with Crippen LogP contribution < -0.4 is 10.6 Å². The number of hydrogen-bond acceptors (Lipinski definition) is 3. The van der Waals surface area contributed by atoms with E-state index in [9.17, 15) is 9.59 Å². The molecule has 1 atom stereocenters. The average molecular weight is 311 g/mol. The first-order valence-electron chi connectivity index (χ1n) is 7.68. The predicted octanol–water partition coefficient (Wildman–Crippen LogP) is 2.54. The molecule has 2 N–H and O–H groups in total. The van der Waals surface area contributed by atoms with E-state index >= 15 is 0 Å². The van der Waals surface area contributed by atoms with Gasteiger partial charge in [0, 0.05) is 30.5 Å². The van der Waals surface area contributed by atoms with E-state index in [0.29, 0.717) is 17.7 Å². The Bertz CT molecular complexity index is 654. The van der Waals surface area contributed by atoms with Crippen molar-refractivity contribution in [2.24, 2.45) is 0 Å². The lowest BCUT2D eigenvalue weighted by Gasteiger charge is -2.11. The van der Waals surface area contributed by atoms with Crippen LogP contribution in [0, 0.1) is 0 Å². The molecule has 5 heteroatoms. The number of carbonyl (C=O) groups is 2. The summed E-state index contributed by atoms with van der Waals surface area (Å²) in [6, 6.07) is 10.8. The first-order valence-corrected chi connectivity index (χ1v) is 7.68. The minimum atomic E-state index is -0.170. The SMILES string of the molecule is CC[C@H](C)NC(=O)c1ccc(CNC(=O)c2cccnc2)cc1. The number of aromatic nitrogens is 1. The highest BCUT2D eigenvalue weighted by Gasteiger charge is 2.09. The maximum atomic E-state index is 12.0. The number of nitrogens with zero attached hydrogens (tertiary/aromatic N) is 1. The summed E-state index contributed by atoms with van der Waals surface area (Å²) in [6.07, 6.45) is 4.04. The van der Waals surface area contributed by atoms with E-state index in [1.165, 1.54) is 6.20 Å². The van der Waals surface area contributed by atoms with Crippen LogP contribution in [-0.2, 0) is 6.54 Å². The van der Waals surface area contributed by atoms with Gasteiger partial charge in [-0.05, 0) is 43.2 Å². The fraction of sp³-hybridized carbons (Fsp3) is 0.278. The highest BCUT2D eigenvalue weighted by atomic mass is 16.2. The Kier molecular flexibility index (Phi) is 5.86. The van der Waals surface area contributed by atoms with Crippen molar-refractivity contribution in [3.8, 4) is 0 Å². The topological polar surface area (TPSA) is 71.1 Å². The number of amides is 2. The number of pyridine rings is 1. The normalized spacial score (nSPS) is 11.6. The zero-order valence-electron chi connectivity index (χ0n) is 13.4. The van der Waals surface area contributed by atoms with Gasteiger partial charge in [-0.3, -0.25) is 14.6 Å². The summed E-state index contributed by atoms with van der Waals surface area (Å²) in [5, 5.41) is 5.75. The van der Waals surface area contributed by atoms with E-state index in [1.807, 2.05) is 26.0 Å². The molecule has 1 heterocycles. The molecule has 0 saturated heterocycles. The van der Waals surface area contributed by atoms with Crippen LogP contribution in [-0.4, -0.2) is 22.8 Å². The molecule has 0 bridgehead atoms. The maximum Gasteiger partial charge on any atom is 0.253 e. The predicted molar refractivity (Wildman–Crippen MR) is 89.1 cm³/mol. The van der Waals surface area contributed by atoms with Gasteiger partial charge in [0.25, 0.3) is 11.8 Å². The average Bonchev–Trinajstić information content (AvgIpc) is 2.60. The molecule has 0 radical (unpaired) electrons. The highest BCUT2D eigenvalue weighted by Crippen LogP contribution is 2.06. The van der Waals surface area contributed by atoms with Crippen molar-refractivity contribution in [2.75, 3.05) is 0 Å². The quantitative estimate of drug-likeness (QED) is 0.861. The van der Waals surface area contributed by atoms with Crippen LogP contribution in [0.25, 0.3) is 0 Å². The lowest BCUT2D eigenvalue weighted by molar-refractivity contribution is 0.0934. The second kappa shape index (κ2) is 8.08. The highest BCUT2D eigenvalue weighted by molar-refractivity contribution is 5.94. The monoisotopic (exact) mass is 311 g/mol. The Morgan fingerprint density at radius 3 is 2.43 bits per heavy atom. The Morgan fingerprint density at radius 1 is 1.09 bits per heavy atom. The minimum Gasteiger partial charge on any atom is -0.350 e. The summed E-state index contributed by atoms with van der Waals surface area (Å²) in [5.74, 6) is -0.248. The fourth-order valence-electron chi connectivity index (χ4n) is 1.96. The third-order valence-electron chi connectivity index (χ3n) is 3.58. The van der Waals surface area contributed by atoms with Gasteiger partial charge in [-0.1, -0.05) is 19.1 Å². The van der Waals surface area contributed by atoms with Crippen molar-refractivity contribution in [1.82, 2.24) is 15.6 Å². The van der Waals surface area contributed by atoms with Crippen molar-refractivity contribution < 1.29 is 9.59 Å².